The van der Waals surface area contributed by atoms with Gasteiger partial charge in [0.2, 0.25) is 0 Å². The summed E-state index contributed by atoms with van der Waals surface area (Å²) in [5.74, 6) is -0.342. The summed E-state index contributed by atoms with van der Waals surface area (Å²) >= 11 is 0. The van der Waals surface area contributed by atoms with Crippen LogP contribution >= 0.6 is 0 Å². The van der Waals surface area contributed by atoms with Crippen LogP contribution in [0, 0.1) is 0 Å². The van der Waals surface area contributed by atoms with Crippen LogP contribution in [-0.4, -0.2) is 30.0 Å². The Labute approximate surface area is 204 Å². The van der Waals surface area contributed by atoms with Gasteiger partial charge >= 0.3 is 0 Å². The largest absolute Gasteiger partial charge is 0.507 e. The molecule has 2 heterocycles. The van der Waals surface area contributed by atoms with Gasteiger partial charge in [0, 0.05) is 23.2 Å². The van der Waals surface area contributed by atoms with Crippen LogP contribution in [0.2, 0.25) is 0 Å². The molecule has 2 unspecified atom stereocenters. The number of hydrogen-bond donors (Lipinski definition) is 1. The van der Waals surface area contributed by atoms with Gasteiger partial charge in [0.15, 0.2) is 0 Å². The monoisotopic (exact) mass is 469 g/mol. The molecule has 1 N–H and O–H groups in total. The molecule has 0 saturated carbocycles. The number of para-hydroxylation sites is 1. The van der Waals surface area contributed by atoms with Crippen molar-refractivity contribution in [2.75, 3.05) is 12.0 Å². The third-order valence-electron chi connectivity index (χ3n) is 6.67. The summed E-state index contributed by atoms with van der Waals surface area (Å²) in [6.07, 6.45) is 1.62. The van der Waals surface area contributed by atoms with Crippen LogP contribution in [0.5, 0.6) is 11.5 Å². The van der Waals surface area contributed by atoms with Crippen molar-refractivity contribution in [1.29, 1.82) is 0 Å². The maximum absolute atomic E-state index is 13.4. The molecular weight excluding hydrogens is 442 g/mol. The highest BCUT2D eigenvalue weighted by atomic mass is 16.5. The molecule has 0 radical (unpaired) electrons. The van der Waals surface area contributed by atoms with E-state index in [1.807, 2.05) is 55.5 Å². The van der Waals surface area contributed by atoms with Gasteiger partial charge in [-0.2, -0.15) is 0 Å². The number of benzene rings is 3. The number of ether oxygens (including phenoxy) is 2. The van der Waals surface area contributed by atoms with Crippen molar-refractivity contribution in [1.82, 2.24) is 0 Å². The van der Waals surface area contributed by atoms with Crippen LogP contribution in [0.3, 0.4) is 0 Å². The van der Waals surface area contributed by atoms with Gasteiger partial charge in [0.05, 0.1) is 18.7 Å². The van der Waals surface area contributed by atoms with E-state index < -0.39 is 17.7 Å². The summed E-state index contributed by atoms with van der Waals surface area (Å²) in [5, 5.41) is 11.4. The maximum Gasteiger partial charge on any atom is 0.300 e. The van der Waals surface area contributed by atoms with Crippen molar-refractivity contribution in [2.45, 2.75) is 38.8 Å². The van der Waals surface area contributed by atoms with E-state index in [9.17, 15) is 14.7 Å². The molecule has 1 saturated heterocycles. The minimum absolute atomic E-state index is 0.0333. The van der Waals surface area contributed by atoms with Crippen LogP contribution in [0.15, 0.2) is 72.3 Å². The number of aryl methyl sites for hydroxylation is 1. The van der Waals surface area contributed by atoms with E-state index in [1.54, 1.807) is 25.3 Å². The first-order valence-corrected chi connectivity index (χ1v) is 11.8. The molecule has 2 aliphatic rings. The number of nitrogens with zero attached hydrogens (tertiary/aromatic N) is 1. The van der Waals surface area contributed by atoms with Crippen molar-refractivity contribution in [3.05, 3.63) is 94.6 Å². The molecule has 35 heavy (non-hydrogen) atoms. The molecule has 1 fully saturated rings. The second kappa shape index (κ2) is 8.95. The summed E-state index contributed by atoms with van der Waals surface area (Å²) in [6.45, 7) is 4.04. The van der Waals surface area contributed by atoms with Gasteiger partial charge in [0.1, 0.15) is 23.4 Å². The molecule has 5 rings (SSSR count). The highest BCUT2D eigenvalue weighted by molar-refractivity contribution is 6.51. The number of amides is 1. The van der Waals surface area contributed by atoms with Crippen molar-refractivity contribution in [3.63, 3.8) is 0 Å². The van der Waals surface area contributed by atoms with Gasteiger partial charge in [-0.3, -0.25) is 14.5 Å². The molecule has 0 bridgehead atoms. The SMILES string of the molecule is CCc1ccc(N2C(=O)C(=O)/C(=C(/O)c3ccc4c(c3)CC(C)O4)C2c2ccccc2OC)cc1. The number of fused-ring (bicyclic) bond motifs is 1. The van der Waals surface area contributed by atoms with Crippen molar-refractivity contribution in [2.24, 2.45) is 0 Å². The smallest absolute Gasteiger partial charge is 0.300 e. The molecule has 0 aliphatic carbocycles. The molecule has 2 aliphatic heterocycles. The number of aliphatic hydroxyl groups is 1. The van der Waals surface area contributed by atoms with Crippen LogP contribution in [0.4, 0.5) is 5.69 Å². The highest BCUT2D eigenvalue weighted by Gasteiger charge is 2.48. The van der Waals surface area contributed by atoms with Gasteiger partial charge in [-0.05, 0) is 60.9 Å². The molecule has 6 nitrogen and oxygen atoms in total. The molecule has 178 valence electrons. The maximum atomic E-state index is 13.4. The van der Waals surface area contributed by atoms with Crippen molar-refractivity contribution >= 4 is 23.1 Å². The lowest BCUT2D eigenvalue weighted by molar-refractivity contribution is -0.132. The third kappa shape index (κ3) is 3.85. The number of hydrogen-bond acceptors (Lipinski definition) is 5. The second-order valence-corrected chi connectivity index (χ2v) is 8.89. The van der Waals surface area contributed by atoms with E-state index in [0.29, 0.717) is 29.0 Å². The van der Waals surface area contributed by atoms with Crippen LogP contribution in [0.25, 0.3) is 5.76 Å². The number of Topliss-reactive ketones (excluding diaryl/α,β-unsaturated/α-hetero) is 1. The fourth-order valence-corrected chi connectivity index (χ4v) is 4.90. The summed E-state index contributed by atoms with van der Waals surface area (Å²) in [6, 6.07) is 19.3. The lowest BCUT2D eigenvalue weighted by Gasteiger charge is -2.26. The van der Waals surface area contributed by atoms with Gasteiger partial charge < -0.3 is 14.6 Å². The third-order valence-corrected chi connectivity index (χ3v) is 6.67. The minimum atomic E-state index is -0.845. The number of anilines is 1. The normalized spacial score (nSPS) is 20.6. The summed E-state index contributed by atoms with van der Waals surface area (Å²) in [4.78, 5) is 28.3. The zero-order valence-corrected chi connectivity index (χ0v) is 19.9. The Balaban J connectivity index is 1.70. The zero-order valence-electron chi connectivity index (χ0n) is 19.9. The van der Waals surface area contributed by atoms with Gasteiger partial charge in [-0.1, -0.05) is 37.3 Å². The van der Waals surface area contributed by atoms with Gasteiger partial charge in [0.25, 0.3) is 11.7 Å². The number of aliphatic hydroxyl groups excluding tert-OH is 1. The van der Waals surface area contributed by atoms with Crippen molar-refractivity contribution < 1.29 is 24.2 Å². The molecule has 6 heteroatoms. The number of carbonyl (C=O) groups excluding carboxylic acids is 2. The Hall–Kier alpha value is -4.06. The fraction of sp³-hybridized carbons (Fsp3) is 0.241. The number of rotatable bonds is 5. The summed E-state index contributed by atoms with van der Waals surface area (Å²) < 4.78 is 11.4. The fourth-order valence-electron chi connectivity index (χ4n) is 4.90. The minimum Gasteiger partial charge on any atom is -0.507 e. The van der Waals surface area contributed by atoms with Crippen LogP contribution < -0.4 is 14.4 Å². The first-order chi connectivity index (χ1) is 16.9. The summed E-state index contributed by atoms with van der Waals surface area (Å²) in [7, 11) is 1.54. The quantitative estimate of drug-likeness (QED) is 0.316. The Morgan fingerprint density at radius 2 is 1.83 bits per heavy atom. The van der Waals surface area contributed by atoms with Gasteiger partial charge in [-0.15, -0.1) is 0 Å². The van der Waals surface area contributed by atoms with Crippen molar-refractivity contribution in [3.8, 4) is 11.5 Å². The number of carbonyl (C=O) groups is 2. The Morgan fingerprint density at radius 1 is 1.09 bits per heavy atom. The molecular formula is C29H27NO5. The molecule has 3 aromatic carbocycles. The molecule has 0 aromatic heterocycles. The lowest BCUT2D eigenvalue weighted by Crippen LogP contribution is -2.29. The van der Waals surface area contributed by atoms with E-state index >= 15 is 0 Å². The van der Waals surface area contributed by atoms with E-state index in [-0.39, 0.29) is 17.4 Å². The lowest BCUT2D eigenvalue weighted by atomic mass is 9.93. The second-order valence-electron chi connectivity index (χ2n) is 8.89. The van der Waals surface area contributed by atoms with E-state index in [0.717, 1.165) is 23.3 Å². The van der Waals surface area contributed by atoms with E-state index in [4.69, 9.17) is 9.47 Å². The van der Waals surface area contributed by atoms with Crippen LogP contribution in [0.1, 0.15) is 42.1 Å². The number of methoxy groups -OCH3 is 1. The zero-order chi connectivity index (χ0) is 24.7. The Morgan fingerprint density at radius 3 is 2.54 bits per heavy atom. The molecule has 3 aromatic rings. The Kier molecular flexibility index (Phi) is 5.81. The Bertz CT molecular complexity index is 1340. The molecule has 2 atom stereocenters. The predicted octanol–water partition coefficient (Wildman–Crippen LogP) is 5.21. The molecule has 0 spiro atoms. The first kappa shape index (κ1) is 22.7. The summed E-state index contributed by atoms with van der Waals surface area (Å²) in [5.41, 5.74) is 3.78. The topological polar surface area (TPSA) is 76.1 Å². The van der Waals surface area contributed by atoms with E-state index in [2.05, 4.69) is 6.92 Å². The van der Waals surface area contributed by atoms with Gasteiger partial charge in [-0.25, -0.2) is 0 Å². The highest BCUT2D eigenvalue weighted by Crippen LogP contribution is 2.45. The first-order valence-electron chi connectivity index (χ1n) is 11.8. The molecule has 1 amide bonds. The standard InChI is InChI=1S/C29H27NO5/c1-4-18-9-12-21(13-10-18)30-26(22-7-5-6-8-24(22)34-3)25(28(32)29(30)33)27(31)19-11-14-23-20(16-19)15-17(2)35-23/h5-14,16-17,26,31H,4,15H2,1-3H3/b27-25+. The van der Waals surface area contributed by atoms with E-state index in [1.165, 1.54) is 4.90 Å². The number of ketones is 1. The van der Waals surface area contributed by atoms with Crippen LogP contribution in [-0.2, 0) is 22.4 Å². The predicted molar refractivity (Wildman–Crippen MR) is 134 cm³/mol. The average molecular weight is 470 g/mol. The average Bonchev–Trinajstić information content (AvgIpc) is 3.38.